The fourth-order valence-corrected chi connectivity index (χ4v) is 1.85. The van der Waals surface area contributed by atoms with Gasteiger partial charge in [-0.25, -0.2) is 0 Å². The van der Waals surface area contributed by atoms with E-state index in [-0.39, 0.29) is 0 Å². The molecule has 0 aliphatic heterocycles. The first-order valence-corrected chi connectivity index (χ1v) is 5.79. The molecule has 0 aromatic heterocycles. The van der Waals surface area contributed by atoms with Crippen LogP contribution in [0.4, 0.5) is 0 Å². The number of rotatable bonds is 5. The fraction of sp³-hybridized carbons (Fsp3) is 0.455. The van der Waals surface area contributed by atoms with Gasteiger partial charge in [-0.15, -0.1) is 0 Å². The molecule has 1 atom stereocenters. The third kappa shape index (κ3) is 3.83. The molecule has 0 saturated carbocycles. The lowest BCUT2D eigenvalue weighted by Gasteiger charge is -2.13. The molecular weight excluding hydrogens is 249 g/mol. The number of benzene rings is 1. The summed E-state index contributed by atoms with van der Waals surface area (Å²) in [5.74, 6) is 0.550. The van der Waals surface area contributed by atoms with E-state index in [2.05, 4.69) is 0 Å². The molecule has 0 aliphatic carbocycles. The van der Waals surface area contributed by atoms with Crippen LogP contribution in [0.25, 0.3) is 0 Å². The predicted molar refractivity (Wildman–Crippen MR) is 66.1 cm³/mol. The molecule has 0 spiro atoms. The van der Waals surface area contributed by atoms with Gasteiger partial charge in [-0.05, 0) is 19.1 Å². The van der Waals surface area contributed by atoms with Gasteiger partial charge in [0.15, 0.2) is 0 Å². The Bertz CT molecular complexity index is 356. The summed E-state index contributed by atoms with van der Waals surface area (Å²) in [6.45, 7) is 2.41. The maximum Gasteiger partial charge on any atom is 0.142 e. The first-order chi connectivity index (χ1) is 7.54. The van der Waals surface area contributed by atoms with Crippen molar-refractivity contribution < 1.29 is 9.84 Å². The average Bonchev–Trinajstić information content (AvgIpc) is 2.20. The molecule has 0 aliphatic rings. The normalized spacial score (nSPS) is 12.6. The van der Waals surface area contributed by atoms with Crippen LogP contribution in [0.15, 0.2) is 12.1 Å². The van der Waals surface area contributed by atoms with Gasteiger partial charge in [0, 0.05) is 23.6 Å². The number of aliphatic hydroxyl groups is 1. The van der Waals surface area contributed by atoms with Gasteiger partial charge in [0.2, 0.25) is 0 Å². The van der Waals surface area contributed by atoms with Gasteiger partial charge in [0.05, 0.1) is 17.7 Å². The first-order valence-electron chi connectivity index (χ1n) is 5.03. The Hall–Kier alpha value is -0.480. The Morgan fingerprint density at radius 2 is 2.12 bits per heavy atom. The van der Waals surface area contributed by atoms with Gasteiger partial charge >= 0.3 is 0 Å². The summed E-state index contributed by atoms with van der Waals surface area (Å²) in [6, 6.07) is 3.34. The summed E-state index contributed by atoms with van der Waals surface area (Å²) in [7, 11) is 0. The maximum atomic E-state index is 9.11. The van der Waals surface area contributed by atoms with Crippen molar-refractivity contribution in [3.05, 3.63) is 27.7 Å². The maximum absolute atomic E-state index is 9.11. The third-order valence-electron chi connectivity index (χ3n) is 2.09. The minimum absolute atomic E-state index is 0.310. The molecule has 0 fully saturated rings. The van der Waals surface area contributed by atoms with Gasteiger partial charge in [-0.1, -0.05) is 23.2 Å². The van der Waals surface area contributed by atoms with Gasteiger partial charge in [0.1, 0.15) is 5.75 Å². The highest BCUT2D eigenvalue weighted by atomic mass is 35.5. The molecule has 1 rings (SSSR count). The van der Waals surface area contributed by atoms with Crippen molar-refractivity contribution in [1.29, 1.82) is 0 Å². The van der Waals surface area contributed by atoms with Crippen LogP contribution in [0, 0.1) is 0 Å². The van der Waals surface area contributed by atoms with E-state index < -0.39 is 6.10 Å². The van der Waals surface area contributed by atoms with E-state index in [4.69, 9.17) is 38.8 Å². The van der Waals surface area contributed by atoms with Crippen LogP contribution in [0.3, 0.4) is 0 Å². The second-order valence-electron chi connectivity index (χ2n) is 3.57. The lowest BCUT2D eigenvalue weighted by atomic mass is 10.2. The number of hydrogen-bond donors (Lipinski definition) is 2. The van der Waals surface area contributed by atoms with Gasteiger partial charge < -0.3 is 15.6 Å². The molecule has 90 valence electrons. The number of nitrogens with two attached hydrogens (primary N) is 1. The molecule has 0 saturated heterocycles. The first kappa shape index (κ1) is 13.6. The molecule has 1 aromatic carbocycles. The summed E-state index contributed by atoms with van der Waals surface area (Å²) >= 11 is 11.9. The molecule has 16 heavy (non-hydrogen) atoms. The van der Waals surface area contributed by atoms with E-state index in [1.54, 1.807) is 19.1 Å². The van der Waals surface area contributed by atoms with Gasteiger partial charge in [-0.2, -0.15) is 0 Å². The molecular formula is C11H15Cl2NO2. The smallest absolute Gasteiger partial charge is 0.142 e. The second-order valence-corrected chi connectivity index (χ2v) is 4.41. The van der Waals surface area contributed by atoms with E-state index in [0.717, 1.165) is 5.56 Å². The van der Waals surface area contributed by atoms with Crippen molar-refractivity contribution in [3.63, 3.8) is 0 Å². The summed E-state index contributed by atoms with van der Waals surface area (Å²) in [6.07, 6.45) is 0.149. The SMILES string of the molecule is CC(O)CCOc1c(Cl)cc(Cl)cc1CN. The van der Waals surface area contributed by atoms with Gasteiger partial charge in [-0.3, -0.25) is 0 Å². The second kappa shape index (κ2) is 6.30. The van der Waals surface area contributed by atoms with Gasteiger partial charge in [0.25, 0.3) is 0 Å². The molecule has 1 aromatic rings. The van der Waals surface area contributed by atoms with E-state index in [0.29, 0.717) is 35.4 Å². The summed E-state index contributed by atoms with van der Waals surface area (Å²) in [4.78, 5) is 0. The van der Waals surface area contributed by atoms with Crippen LogP contribution < -0.4 is 10.5 Å². The van der Waals surface area contributed by atoms with Crippen molar-refractivity contribution in [2.75, 3.05) is 6.61 Å². The Morgan fingerprint density at radius 3 is 2.69 bits per heavy atom. The summed E-state index contributed by atoms with van der Waals surface area (Å²) < 4.78 is 5.49. The van der Waals surface area contributed by atoms with E-state index in [1.165, 1.54) is 0 Å². The minimum Gasteiger partial charge on any atom is -0.492 e. The Kier molecular flexibility index (Phi) is 5.35. The number of aliphatic hydroxyl groups excluding tert-OH is 1. The van der Waals surface area contributed by atoms with E-state index in [9.17, 15) is 0 Å². The molecule has 3 nitrogen and oxygen atoms in total. The van der Waals surface area contributed by atoms with Crippen LogP contribution in [0.1, 0.15) is 18.9 Å². The van der Waals surface area contributed by atoms with Crippen LogP contribution in [-0.4, -0.2) is 17.8 Å². The summed E-state index contributed by atoms with van der Waals surface area (Å²) in [5.41, 5.74) is 6.34. The predicted octanol–water partition coefficient (Wildman–Crippen LogP) is 2.60. The van der Waals surface area contributed by atoms with Crippen LogP contribution in [0.2, 0.25) is 10.0 Å². The molecule has 0 heterocycles. The van der Waals surface area contributed by atoms with E-state index >= 15 is 0 Å². The van der Waals surface area contributed by atoms with Crippen LogP contribution >= 0.6 is 23.2 Å². The monoisotopic (exact) mass is 263 g/mol. The van der Waals surface area contributed by atoms with Crippen molar-refractivity contribution in [2.45, 2.75) is 26.0 Å². The molecule has 0 bridgehead atoms. The highest BCUT2D eigenvalue weighted by Gasteiger charge is 2.10. The molecule has 0 amide bonds. The van der Waals surface area contributed by atoms with Crippen molar-refractivity contribution >= 4 is 23.2 Å². The standard InChI is InChI=1S/C11H15Cl2NO2/c1-7(15)2-3-16-11-8(6-14)4-9(12)5-10(11)13/h4-5,7,15H,2-3,6,14H2,1H3. The van der Waals surface area contributed by atoms with Crippen LogP contribution in [-0.2, 0) is 6.54 Å². The zero-order chi connectivity index (χ0) is 12.1. The lowest BCUT2D eigenvalue weighted by molar-refractivity contribution is 0.155. The molecule has 5 heteroatoms. The fourth-order valence-electron chi connectivity index (χ4n) is 1.26. The molecule has 0 radical (unpaired) electrons. The quantitative estimate of drug-likeness (QED) is 0.859. The number of halogens is 2. The largest absolute Gasteiger partial charge is 0.492 e. The Labute approximate surface area is 105 Å². The highest BCUT2D eigenvalue weighted by molar-refractivity contribution is 6.35. The Balaban J connectivity index is 2.77. The van der Waals surface area contributed by atoms with Crippen LogP contribution in [0.5, 0.6) is 5.75 Å². The molecule has 1 unspecified atom stereocenters. The highest BCUT2D eigenvalue weighted by Crippen LogP contribution is 2.32. The zero-order valence-electron chi connectivity index (χ0n) is 9.04. The Morgan fingerprint density at radius 1 is 1.44 bits per heavy atom. The third-order valence-corrected chi connectivity index (χ3v) is 2.59. The topological polar surface area (TPSA) is 55.5 Å². The van der Waals surface area contributed by atoms with E-state index in [1.807, 2.05) is 0 Å². The van der Waals surface area contributed by atoms with Crippen molar-refractivity contribution in [3.8, 4) is 5.75 Å². The average molecular weight is 264 g/mol. The van der Waals surface area contributed by atoms with Crippen molar-refractivity contribution in [2.24, 2.45) is 5.73 Å². The zero-order valence-corrected chi connectivity index (χ0v) is 10.6. The number of ether oxygens (including phenoxy) is 1. The van der Waals surface area contributed by atoms with Crippen molar-refractivity contribution in [1.82, 2.24) is 0 Å². The molecule has 3 N–H and O–H groups in total. The summed E-state index contributed by atoms with van der Waals surface area (Å²) in [5, 5.41) is 10.1. The lowest BCUT2D eigenvalue weighted by Crippen LogP contribution is -2.09. The minimum atomic E-state index is -0.396. The number of hydrogen-bond acceptors (Lipinski definition) is 3.